The molecule has 9 heteroatoms. The number of para-hydroxylation sites is 2. The van der Waals surface area contributed by atoms with Crippen LogP contribution < -0.4 is 9.64 Å². The van der Waals surface area contributed by atoms with E-state index in [2.05, 4.69) is 11.1 Å². The van der Waals surface area contributed by atoms with E-state index in [0.717, 1.165) is 22.2 Å². The molecule has 6 atom stereocenters. The van der Waals surface area contributed by atoms with Gasteiger partial charge in [0, 0.05) is 35.0 Å². The molecule has 11 rings (SSSR count). The predicted octanol–water partition coefficient (Wildman–Crippen LogP) is 8.58. The highest BCUT2D eigenvalue weighted by Gasteiger charge is 2.66. The second kappa shape index (κ2) is 13.2. The van der Waals surface area contributed by atoms with Gasteiger partial charge in [-0.05, 0) is 96.1 Å². The molecule has 1 saturated heterocycles. The van der Waals surface area contributed by atoms with Gasteiger partial charge in [-0.2, -0.15) is 0 Å². The summed E-state index contributed by atoms with van der Waals surface area (Å²) in [5.74, 6) is -3.38. The number of allylic oxidation sites excluding steroid dienone is 5. The van der Waals surface area contributed by atoms with Gasteiger partial charge in [0.05, 0.1) is 29.2 Å². The van der Waals surface area contributed by atoms with Crippen LogP contribution in [0.3, 0.4) is 0 Å². The molecule has 6 aromatic rings. The highest BCUT2D eigenvalue weighted by Crippen LogP contribution is 2.63. The van der Waals surface area contributed by atoms with E-state index >= 15 is 9.59 Å². The van der Waals surface area contributed by atoms with Gasteiger partial charge >= 0.3 is 0 Å². The van der Waals surface area contributed by atoms with Crippen molar-refractivity contribution in [3.8, 4) is 23.0 Å². The van der Waals surface area contributed by atoms with Crippen LogP contribution in [0.5, 0.6) is 11.5 Å². The van der Waals surface area contributed by atoms with Crippen molar-refractivity contribution in [3.05, 3.63) is 174 Å². The van der Waals surface area contributed by atoms with Gasteiger partial charge in [0.1, 0.15) is 17.0 Å². The molecule has 1 aromatic heterocycles. The number of oxazole rings is 1. The molecular weight excluding hydrogens is 741 g/mol. The van der Waals surface area contributed by atoms with Crippen LogP contribution in [0.25, 0.3) is 28.1 Å². The zero-order chi connectivity index (χ0) is 40.0. The van der Waals surface area contributed by atoms with Crippen LogP contribution in [-0.4, -0.2) is 33.5 Å². The van der Waals surface area contributed by atoms with E-state index in [9.17, 15) is 14.7 Å². The molecule has 9 nitrogen and oxygen atoms in total. The lowest BCUT2D eigenvalue weighted by molar-refractivity contribution is -0.136. The lowest BCUT2D eigenvalue weighted by atomic mass is 9.44. The smallest absolute Gasteiger partial charge is 0.238 e. The number of phenolic OH excluding ortho intramolecular Hbond substituents is 1. The maximum absolute atomic E-state index is 15.4. The fraction of sp³-hybridized carbons (Fsp3) is 0.180. The van der Waals surface area contributed by atoms with Gasteiger partial charge in [0.15, 0.2) is 17.1 Å². The van der Waals surface area contributed by atoms with Crippen molar-refractivity contribution in [2.75, 3.05) is 4.90 Å². The number of anilines is 1. The number of ether oxygens (including phenoxy) is 1. The number of aromatic nitrogens is 1. The summed E-state index contributed by atoms with van der Waals surface area (Å²) in [5, 5.41) is 10.5. The summed E-state index contributed by atoms with van der Waals surface area (Å²) in [7, 11) is 0. The van der Waals surface area contributed by atoms with Gasteiger partial charge in [-0.1, -0.05) is 84.4 Å². The second-order valence-corrected chi connectivity index (χ2v) is 16.1. The molecule has 3 heterocycles. The largest absolute Gasteiger partial charge is 0.508 e. The highest BCUT2D eigenvalue weighted by molar-refractivity contribution is 6.31. The van der Waals surface area contributed by atoms with Crippen LogP contribution in [0.1, 0.15) is 29.5 Å². The number of hydrogen-bond acceptors (Lipinski definition) is 8. The van der Waals surface area contributed by atoms with Crippen LogP contribution in [0.4, 0.5) is 5.69 Å². The predicted molar refractivity (Wildman–Crippen MR) is 220 cm³/mol. The van der Waals surface area contributed by atoms with Crippen molar-refractivity contribution in [1.29, 1.82) is 0 Å². The Morgan fingerprint density at radius 2 is 1.51 bits per heavy atom. The van der Waals surface area contributed by atoms with E-state index in [1.54, 1.807) is 48.7 Å². The Labute approximate surface area is 339 Å². The molecule has 5 aliphatic rings. The van der Waals surface area contributed by atoms with Gasteiger partial charge in [0.25, 0.3) is 0 Å². The monoisotopic (exact) mass is 776 g/mol. The molecule has 0 bridgehead atoms. The number of ketones is 2. The first-order valence-corrected chi connectivity index (χ1v) is 19.9. The third-order valence-corrected chi connectivity index (χ3v) is 13.2. The van der Waals surface area contributed by atoms with Crippen molar-refractivity contribution in [3.63, 3.8) is 0 Å². The topological polar surface area (TPSA) is 127 Å². The molecule has 2 fully saturated rings. The number of fused-ring (bicyclic) bond motifs is 6. The fourth-order valence-corrected chi connectivity index (χ4v) is 10.7. The van der Waals surface area contributed by atoms with Crippen molar-refractivity contribution in [2.45, 2.75) is 24.7 Å². The molecule has 2 amide bonds. The maximum atomic E-state index is 15.4. The fourth-order valence-electron chi connectivity index (χ4n) is 10.7. The molecular formula is C50H36N2O7. The highest BCUT2D eigenvalue weighted by atomic mass is 16.5. The van der Waals surface area contributed by atoms with Gasteiger partial charge in [-0.15, -0.1) is 0 Å². The van der Waals surface area contributed by atoms with Crippen LogP contribution in [0, 0.1) is 29.6 Å². The molecule has 2 aliphatic heterocycles. The quantitative estimate of drug-likeness (QED) is 0.136. The number of carbonyl (C=O) groups is 4. The Morgan fingerprint density at radius 3 is 2.29 bits per heavy atom. The van der Waals surface area contributed by atoms with Gasteiger partial charge in [0.2, 0.25) is 17.7 Å². The van der Waals surface area contributed by atoms with E-state index in [0.29, 0.717) is 58.0 Å². The standard InChI is InChI=1S/C50H36N2O7/c53-34-19-22-41-30(24-34)23-31(27-58-41)45-35-20-21-36-44(49(57)52(48(36)56)33-17-15-29(16-18-33)47-51-40-13-7-8-14-42(40)59-47)38(35)25-39-46(55)37(28-9-3-1-4-10-28)26-43(54)50(39,45)32-11-5-2-6-12-32/h1-20,22,24,26-27,36,38-39,44-45,53H,21,23,25H2. The molecule has 3 aliphatic carbocycles. The molecule has 59 heavy (non-hydrogen) atoms. The van der Waals surface area contributed by atoms with Crippen LogP contribution in [0.2, 0.25) is 0 Å². The number of carbonyl (C=O) groups excluding carboxylic acids is 4. The molecule has 5 aromatic carbocycles. The Bertz CT molecular complexity index is 2820. The minimum absolute atomic E-state index is 0.0851. The zero-order valence-corrected chi connectivity index (χ0v) is 31.7. The number of Topliss-reactive ketones (excluding diaryl/α,β-unsaturated/α-hetero) is 1. The van der Waals surface area contributed by atoms with E-state index in [1.807, 2.05) is 84.9 Å². The first-order chi connectivity index (χ1) is 28.8. The van der Waals surface area contributed by atoms with Gasteiger partial charge < -0.3 is 14.3 Å². The van der Waals surface area contributed by atoms with Crippen molar-refractivity contribution in [1.82, 2.24) is 4.98 Å². The lowest BCUT2D eigenvalue weighted by Crippen LogP contribution is -2.60. The minimum Gasteiger partial charge on any atom is -0.508 e. The molecule has 6 unspecified atom stereocenters. The zero-order valence-electron chi connectivity index (χ0n) is 31.7. The van der Waals surface area contributed by atoms with Crippen molar-refractivity contribution in [2.24, 2.45) is 29.6 Å². The van der Waals surface area contributed by atoms with E-state index in [4.69, 9.17) is 9.15 Å². The van der Waals surface area contributed by atoms with Gasteiger partial charge in [-0.3, -0.25) is 24.1 Å². The van der Waals surface area contributed by atoms with Crippen LogP contribution in [-0.2, 0) is 31.0 Å². The summed E-state index contributed by atoms with van der Waals surface area (Å²) in [6.45, 7) is 0. The molecule has 0 spiro atoms. The number of nitrogens with zero attached hydrogens (tertiary/aromatic N) is 2. The third-order valence-electron chi connectivity index (χ3n) is 13.2. The Kier molecular flexibility index (Phi) is 7.85. The Balaban J connectivity index is 1.03. The number of amides is 2. The summed E-state index contributed by atoms with van der Waals surface area (Å²) in [4.78, 5) is 65.9. The van der Waals surface area contributed by atoms with Crippen LogP contribution in [0.15, 0.2) is 161 Å². The van der Waals surface area contributed by atoms with E-state index in [-0.39, 0.29) is 35.6 Å². The van der Waals surface area contributed by atoms with Crippen LogP contribution >= 0.6 is 0 Å². The number of imide groups is 1. The summed E-state index contributed by atoms with van der Waals surface area (Å²) in [5.41, 5.74) is 5.22. The summed E-state index contributed by atoms with van der Waals surface area (Å²) in [6, 6.07) is 38.2. The average molecular weight is 777 g/mol. The summed E-state index contributed by atoms with van der Waals surface area (Å²) >= 11 is 0. The lowest BCUT2D eigenvalue weighted by Gasteiger charge is -2.56. The molecule has 1 saturated carbocycles. The SMILES string of the molecule is O=C1C(c2ccccc2)=CC(=O)C2(c3ccccc3)C1CC1C(=CCC3C(=O)N(c4ccc(-c5nc6ccccc6o5)cc4)C(=O)C31)C2C1=COc2ccc(O)cc2C1. The minimum atomic E-state index is -1.37. The number of phenols is 1. The molecule has 1 N–H and O–H groups in total. The number of rotatable bonds is 5. The second-order valence-electron chi connectivity index (χ2n) is 16.1. The molecule has 0 radical (unpaired) electrons. The summed E-state index contributed by atoms with van der Waals surface area (Å²) in [6.07, 6.45) is 6.08. The average Bonchev–Trinajstić information content (AvgIpc) is 3.82. The third kappa shape index (κ3) is 5.20. The normalized spacial score (nSPS) is 25.9. The number of benzene rings is 5. The van der Waals surface area contributed by atoms with Crippen molar-refractivity contribution >= 4 is 45.7 Å². The first-order valence-electron chi connectivity index (χ1n) is 19.9. The van der Waals surface area contributed by atoms with Gasteiger partial charge in [-0.25, -0.2) is 4.98 Å². The number of hydrogen-bond donors (Lipinski definition) is 1. The summed E-state index contributed by atoms with van der Waals surface area (Å²) < 4.78 is 12.2. The maximum Gasteiger partial charge on any atom is 0.238 e. The Morgan fingerprint density at radius 1 is 0.763 bits per heavy atom. The van der Waals surface area contributed by atoms with Crippen molar-refractivity contribution < 1.29 is 33.4 Å². The number of aromatic hydroxyl groups is 1. The van der Waals surface area contributed by atoms with E-state index < -0.39 is 35.0 Å². The first kappa shape index (κ1) is 35.1. The van der Waals surface area contributed by atoms with E-state index in [1.165, 1.54) is 11.0 Å². The molecule has 288 valence electrons. The Hall–Kier alpha value is -7.13.